The zero-order valence-electron chi connectivity index (χ0n) is 10.6. The molecule has 0 radical (unpaired) electrons. The molecule has 1 aliphatic heterocycles. The van der Waals surface area contributed by atoms with E-state index in [1.54, 1.807) is 7.05 Å². The lowest BCUT2D eigenvalue weighted by Gasteiger charge is -2.18. The van der Waals surface area contributed by atoms with Crippen molar-refractivity contribution in [2.75, 3.05) is 11.9 Å². The molecule has 6 nitrogen and oxygen atoms in total. The van der Waals surface area contributed by atoms with Crippen molar-refractivity contribution in [1.29, 1.82) is 0 Å². The number of nitro groups is 1. The maximum atomic E-state index is 12.1. The molecule has 2 rings (SSSR count). The van der Waals surface area contributed by atoms with Crippen LogP contribution in [0.3, 0.4) is 0 Å². The van der Waals surface area contributed by atoms with Crippen molar-refractivity contribution in [1.82, 2.24) is 0 Å². The molecule has 0 atom stereocenters. The standard InChI is InChI=1S/C13H14N2O4/c1-14-11-7-6-9(15(18)19)8-10(11)12(16)4-2-3-5-13(14)17/h6-8H,2-5H2,1H3. The molecule has 0 fully saturated rings. The number of anilines is 1. The Hall–Kier alpha value is -2.24. The molecule has 1 heterocycles. The highest BCUT2D eigenvalue weighted by Crippen LogP contribution is 2.28. The lowest BCUT2D eigenvalue weighted by molar-refractivity contribution is -0.384. The maximum absolute atomic E-state index is 12.1. The highest BCUT2D eigenvalue weighted by Gasteiger charge is 2.23. The molecule has 0 saturated carbocycles. The number of nitro benzene ring substituents is 1. The van der Waals surface area contributed by atoms with E-state index >= 15 is 0 Å². The average Bonchev–Trinajstić information content (AvgIpc) is 2.45. The molecule has 0 aliphatic carbocycles. The molecule has 100 valence electrons. The predicted molar refractivity (Wildman–Crippen MR) is 69.3 cm³/mol. The number of ketones is 1. The molecular weight excluding hydrogens is 248 g/mol. The maximum Gasteiger partial charge on any atom is 0.270 e. The summed E-state index contributed by atoms with van der Waals surface area (Å²) < 4.78 is 0. The predicted octanol–water partition coefficient (Wildman–Crippen LogP) is 2.31. The van der Waals surface area contributed by atoms with E-state index < -0.39 is 4.92 Å². The van der Waals surface area contributed by atoms with Crippen LogP contribution in [0.1, 0.15) is 36.0 Å². The van der Waals surface area contributed by atoms with Crippen molar-refractivity contribution in [2.45, 2.75) is 25.7 Å². The zero-order valence-corrected chi connectivity index (χ0v) is 10.6. The second kappa shape index (κ2) is 5.17. The van der Waals surface area contributed by atoms with Crippen LogP contribution in [-0.2, 0) is 4.79 Å². The van der Waals surface area contributed by atoms with Gasteiger partial charge in [-0.2, -0.15) is 0 Å². The SMILES string of the molecule is CN1C(=O)CCCCC(=O)c2cc([N+](=O)[O-])ccc21. The van der Waals surface area contributed by atoms with Crippen molar-refractivity contribution < 1.29 is 14.5 Å². The van der Waals surface area contributed by atoms with E-state index in [0.29, 0.717) is 31.4 Å². The van der Waals surface area contributed by atoms with E-state index in [2.05, 4.69) is 0 Å². The second-order valence-electron chi connectivity index (χ2n) is 4.54. The highest BCUT2D eigenvalue weighted by molar-refractivity contribution is 6.06. The van der Waals surface area contributed by atoms with Crippen LogP contribution in [0.4, 0.5) is 11.4 Å². The molecule has 6 heteroatoms. The first-order valence-electron chi connectivity index (χ1n) is 6.09. The topological polar surface area (TPSA) is 80.5 Å². The first-order chi connectivity index (χ1) is 9.00. The van der Waals surface area contributed by atoms with E-state index in [1.807, 2.05) is 0 Å². The van der Waals surface area contributed by atoms with Crippen LogP contribution < -0.4 is 4.90 Å². The van der Waals surface area contributed by atoms with Crippen LogP contribution in [0, 0.1) is 10.1 Å². The van der Waals surface area contributed by atoms with Crippen molar-refractivity contribution in [3.63, 3.8) is 0 Å². The van der Waals surface area contributed by atoms with Crippen LogP contribution in [-0.4, -0.2) is 23.7 Å². The smallest absolute Gasteiger partial charge is 0.270 e. The lowest BCUT2D eigenvalue weighted by atomic mass is 10.0. The monoisotopic (exact) mass is 262 g/mol. The minimum absolute atomic E-state index is 0.0789. The summed E-state index contributed by atoms with van der Waals surface area (Å²) in [6, 6.07) is 4.04. The van der Waals surface area contributed by atoms with Gasteiger partial charge in [-0.1, -0.05) is 0 Å². The minimum Gasteiger partial charge on any atom is -0.315 e. The van der Waals surface area contributed by atoms with Gasteiger partial charge in [0.05, 0.1) is 10.6 Å². The van der Waals surface area contributed by atoms with E-state index in [1.165, 1.54) is 23.1 Å². The summed E-state index contributed by atoms with van der Waals surface area (Å²) in [5.41, 5.74) is 0.571. The van der Waals surface area contributed by atoms with Gasteiger partial charge in [0.25, 0.3) is 5.69 Å². The summed E-state index contributed by atoms with van der Waals surface area (Å²) in [4.78, 5) is 35.6. The molecule has 1 aliphatic rings. The van der Waals surface area contributed by atoms with E-state index in [-0.39, 0.29) is 22.9 Å². The fourth-order valence-electron chi connectivity index (χ4n) is 2.15. The third-order valence-electron chi connectivity index (χ3n) is 3.27. The zero-order chi connectivity index (χ0) is 14.0. The van der Waals surface area contributed by atoms with Gasteiger partial charge >= 0.3 is 0 Å². The van der Waals surface area contributed by atoms with Gasteiger partial charge in [-0.25, -0.2) is 0 Å². The van der Waals surface area contributed by atoms with Gasteiger partial charge in [0.2, 0.25) is 5.91 Å². The number of carbonyl (C=O) groups excluding carboxylic acids is 2. The number of Topliss-reactive ketones (excluding diaryl/α,β-unsaturated/α-hetero) is 1. The van der Waals surface area contributed by atoms with Crippen LogP contribution in [0.25, 0.3) is 0 Å². The highest BCUT2D eigenvalue weighted by atomic mass is 16.6. The number of hydrogen-bond donors (Lipinski definition) is 0. The van der Waals surface area contributed by atoms with E-state index in [0.717, 1.165) is 0 Å². The molecule has 0 unspecified atom stereocenters. The van der Waals surface area contributed by atoms with Gasteiger partial charge in [-0.05, 0) is 18.9 Å². The first-order valence-corrected chi connectivity index (χ1v) is 6.09. The Kier molecular flexibility index (Phi) is 3.59. The van der Waals surface area contributed by atoms with Gasteiger partial charge in [-0.15, -0.1) is 0 Å². The quantitative estimate of drug-likeness (QED) is 0.574. The van der Waals surface area contributed by atoms with Crippen molar-refractivity contribution in [2.24, 2.45) is 0 Å². The van der Waals surface area contributed by atoms with Gasteiger partial charge in [0, 0.05) is 37.6 Å². The summed E-state index contributed by atoms with van der Waals surface area (Å²) in [5.74, 6) is -0.231. The van der Waals surface area contributed by atoms with Gasteiger partial charge < -0.3 is 4.90 Å². The van der Waals surface area contributed by atoms with Crippen LogP contribution >= 0.6 is 0 Å². The summed E-state index contributed by atoms with van der Waals surface area (Å²) in [6.07, 6.45) is 1.99. The third-order valence-corrected chi connectivity index (χ3v) is 3.27. The fraction of sp³-hybridized carbons (Fsp3) is 0.385. The Bertz CT molecular complexity index is 554. The van der Waals surface area contributed by atoms with Crippen molar-refractivity contribution in [3.8, 4) is 0 Å². The van der Waals surface area contributed by atoms with Gasteiger partial charge in [0.1, 0.15) is 0 Å². The Morgan fingerprint density at radius 2 is 1.89 bits per heavy atom. The Morgan fingerprint density at radius 1 is 1.21 bits per heavy atom. The van der Waals surface area contributed by atoms with Gasteiger partial charge in [-0.3, -0.25) is 19.7 Å². The average molecular weight is 262 g/mol. The summed E-state index contributed by atoms with van der Waals surface area (Å²) in [6.45, 7) is 0. The second-order valence-corrected chi connectivity index (χ2v) is 4.54. The Morgan fingerprint density at radius 3 is 2.58 bits per heavy atom. The van der Waals surface area contributed by atoms with E-state index in [4.69, 9.17) is 0 Å². The summed E-state index contributed by atoms with van der Waals surface area (Å²) in [5, 5.41) is 10.8. The fourth-order valence-corrected chi connectivity index (χ4v) is 2.15. The first kappa shape index (κ1) is 13.2. The largest absolute Gasteiger partial charge is 0.315 e. The number of hydrogen-bond acceptors (Lipinski definition) is 4. The normalized spacial score (nSPS) is 16.4. The number of fused-ring (bicyclic) bond motifs is 1. The summed E-state index contributed by atoms with van der Waals surface area (Å²) >= 11 is 0. The molecule has 0 saturated heterocycles. The number of non-ortho nitro benzene ring substituents is 1. The van der Waals surface area contributed by atoms with Crippen LogP contribution in [0.15, 0.2) is 18.2 Å². The molecule has 0 N–H and O–H groups in total. The summed E-state index contributed by atoms with van der Waals surface area (Å²) in [7, 11) is 1.59. The molecule has 0 aromatic heterocycles. The molecule has 0 bridgehead atoms. The molecule has 1 amide bonds. The number of carbonyl (C=O) groups is 2. The Balaban J connectivity index is 2.54. The number of nitrogens with zero attached hydrogens (tertiary/aromatic N) is 2. The minimum atomic E-state index is -0.540. The number of benzene rings is 1. The third kappa shape index (κ3) is 2.62. The van der Waals surface area contributed by atoms with E-state index in [9.17, 15) is 19.7 Å². The molecule has 19 heavy (non-hydrogen) atoms. The van der Waals surface area contributed by atoms with Crippen molar-refractivity contribution >= 4 is 23.1 Å². The van der Waals surface area contributed by atoms with Crippen molar-refractivity contribution in [3.05, 3.63) is 33.9 Å². The van der Waals surface area contributed by atoms with Gasteiger partial charge in [0.15, 0.2) is 5.78 Å². The lowest BCUT2D eigenvalue weighted by Crippen LogP contribution is -2.26. The molecular formula is C13H14N2O4. The van der Waals surface area contributed by atoms with Crippen LogP contribution in [0.2, 0.25) is 0 Å². The molecule has 1 aromatic carbocycles. The number of rotatable bonds is 1. The molecule has 1 aromatic rings. The van der Waals surface area contributed by atoms with Crippen LogP contribution in [0.5, 0.6) is 0 Å². The molecule has 0 spiro atoms. The Labute approximate surface area is 110 Å². The number of amides is 1.